The molecule has 0 aromatic heterocycles. The minimum absolute atomic E-state index is 0.0909. The van der Waals surface area contributed by atoms with Crippen molar-refractivity contribution in [3.63, 3.8) is 0 Å². The number of hydrogen-bond acceptors (Lipinski definition) is 8. The quantitative estimate of drug-likeness (QED) is 0.221. The molecule has 0 saturated carbocycles. The predicted molar refractivity (Wildman–Crippen MR) is 122 cm³/mol. The van der Waals surface area contributed by atoms with Crippen LogP contribution in [0.15, 0.2) is 54.6 Å². The summed E-state index contributed by atoms with van der Waals surface area (Å²) in [6, 6.07) is 12.2. The SMILES string of the molecule is C[C@@H](CC/C=C/C(=O)NO)[C@H](OC(=O)Nc1ccc2c(c1)OCO2)c1ccc(OCCO)cc1. The van der Waals surface area contributed by atoms with Gasteiger partial charge in [0.1, 0.15) is 18.5 Å². The molecular weight excluding hydrogens is 444 g/mol. The molecular formula is C24H28N2O8. The van der Waals surface area contributed by atoms with Gasteiger partial charge in [0.25, 0.3) is 5.91 Å². The van der Waals surface area contributed by atoms with E-state index in [2.05, 4.69) is 5.32 Å². The van der Waals surface area contributed by atoms with E-state index in [4.69, 9.17) is 29.3 Å². The maximum atomic E-state index is 12.7. The van der Waals surface area contributed by atoms with Crippen molar-refractivity contribution in [2.75, 3.05) is 25.3 Å². The zero-order valence-corrected chi connectivity index (χ0v) is 18.7. The number of anilines is 1. The van der Waals surface area contributed by atoms with E-state index in [0.29, 0.717) is 35.8 Å². The van der Waals surface area contributed by atoms with Gasteiger partial charge in [-0.15, -0.1) is 0 Å². The first-order chi connectivity index (χ1) is 16.5. The number of benzene rings is 2. The lowest BCUT2D eigenvalue weighted by molar-refractivity contribution is -0.124. The highest BCUT2D eigenvalue weighted by Gasteiger charge is 2.24. The highest BCUT2D eigenvalue weighted by Crippen LogP contribution is 2.35. The Morgan fingerprint density at radius 2 is 1.91 bits per heavy atom. The summed E-state index contributed by atoms with van der Waals surface area (Å²) < 4.78 is 21.8. The third-order valence-corrected chi connectivity index (χ3v) is 5.11. The number of nitrogens with one attached hydrogen (secondary N) is 2. The fourth-order valence-corrected chi connectivity index (χ4v) is 3.41. The van der Waals surface area contributed by atoms with Gasteiger partial charge in [-0.1, -0.05) is 25.1 Å². The molecule has 0 bridgehead atoms. The largest absolute Gasteiger partial charge is 0.491 e. The lowest BCUT2D eigenvalue weighted by Gasteiger charge is -2.25. The van der Waals surface area contributed by atoms with E-state index in [-0.39, 0.29) is 25.9 Å². The van der Waals surface area contributed by atoms with Gasteiger partial charge in [-0.25, -0.2) is 10.3 Å². The molecule has 1 aliphatic heterocycles. The Balaban J connectivity index is 1.68. The van der Waals surface area contributed by atoms with Crippen molar-refractivity contribution in [2.24, 2.45) is 5.92 Å². The second-order valence-electron chi connectivity index (χ2n) is 7.59. The molecule has 0 aliphatic carbocycles. The summed E-state index contributed by atoms with van der Waals surface area (Å²) in [6.45, 7) is 2.16. The fraction of sp³-hybridized carbons (Fsp3) is 0.333. The Bertz CT molecular complexity index is 993. The fourth-order valence-electron chi connectivity index (χ4n) is 3.41. The molecule has 0 spiro atoms. The predicted octanol–water partition coefficient (Wildman–Crippen LogP) is 3.55. The number of amides is 2. The van der Waals surface area contributed by atoms with Gasteiger partial charge in [0.05, 0.1) is 6.61 Å². The Labute approximate surface area is 197 Å². The van der Waals surface area contributed by atoms with Gasteiger partial charge in [-0.2, -0.15) is 0 Å². The van der Waals surface area contributed by atoms with E-state index in [0.717, 1.165) is 5.56 Å². The molecule has 2 atom stereocenters. The van der Waals surface area contributed by atoms with Crippen LogP contribution in [-0.2, 0) is 9.53 Å². The monoisotopic (exact) mass is 472 g/mol. The number of ether oxygens (including phenoxy) is 4. The van der Waals surface area contributed by atoms with Crippen molar-refractivity contribution in [1.29, 1.82) is 0 Å². The van der Waals surface area contributed by atoms with Crippen LogP contribution in [0.5, 0.6) is 17.2 Å². The Kier molecular flexibility index (Phi) is 9.12. The van der Waals surface area contributed by atoms with Crippen molar-refractivity contribution in [1.82, 2.24) is 5.48 Å². The van der Waals surface area contributed by atoms with Gasteiger partial charge >= 0.3 is 6.09 Å². The van der Waals surface area contributed by atoms with Crippen LogP contribution in [0.2, 0.25) is 0 Å². The van der Waals surface area contributed by atoms with E-state index >= 15 is 0 Å². The second-order valence-corrected chi connectivity index (χ2v) is 7.59. The molecule has 10 nitrogen and oxygen atoms in total. The molecule has 2 aromatic rings. The summed E-state index contributed by atoms with van der Waals surface area (Å²) in [6.07, 6.45) is 2.81. The first-order valence-corrected chi connectivity index (χ1v) is 10.8. The average Bonchev–Trinajstić information content (AvgIpc) is 3.32. The van der Waals surface area contributed by atoms with Crippen LogP contribution in [0.4, 0.5) is 10.5 Å². The number of rotatable bonds is 11. The third-order valence-electron chi connectivity index (χ3n) is 5.11. The summed E-state index contributed by atoms with van der Waals surface area (Å²) in [5, 5.41) is 20.2. The number of fused-ring (bicyclic) bond motifs is 1. The molecule has 182 valence electrons. The van der Waals surface area contributed by atoms with Crippen LogP contribution in [0.1, 0.15) is 31.4 Å². The molecule has 1 aliphatic rings. The van der Waals surface area contributed by atoms with E-state index in [1.54, 1.807) is 48.5 Å². The number of carbonyl (C=O) groups excluding carboxylic acids is 2. The molecule has 2 aromatic carbocycles. The summed E-state index contributed by atoms with van der Waals surface area (Å²) in [4.78, 5) is 23.9. The first-order valence-electron chi connectivity index (χ1n) is 10.8. The van der Waals surface area contributed by atoms with E-state index in [1.165, 1.54) is 11.6 Å². The summed E-state index contributed by atoms with van der Waals surface area (Å²) in [5.74, 6) is 1.03. The van der Waals surface area contributed by atoms with Crippen LogP contribution in [0.25, 0.3) is 0 Å². The van der Waals surface area contributed by atoms with E-state index < -0.39 is 18.1 Å². The van der Waals surface area contributed by atoms with Crippen molar-refractivity contribution in [3.8, 4) is 17.2 Å². The molecule has 0 saturated heterocycles. The summed E-state index contributed by atoms with van der Waals surface area (Å²) >= 11 is 0. The Morgan fingerprint density at radius 3 is 2.65 bits per heavy atom. The lowest BCUT2D eigenvalue weighted by atomic mass is 9.93. The van der Waals surface area contributed by atoms with Gasteiger partial charge in [0, 0.05) is 17.8 Å². The van der Waals surface area contributed by atoms with Crippen LogP contribution >= 0.6 is 0 Å². The molecule has 0 fully saturated rings. The van der Waals surface area contributed by atoms with E-state index in [9.17, 15) is 9.59 Å². The number of hydroxylamine groups is 1. The van der Waals surface area contributed by atoms with Gasteiger partial charge in [0.2, 0.25) is 6.79 Å². The zero-order valence-electron chi connectivity index (χ0n) is 18.7. The number of allylic oxidation sites excluding steroid dienone is 1. The molecule has 0 radical (unpaired) electrons. The van der Waals surface area contributed by atoms with Gasteiger partial charge in [0.15, 0.2) is 11.5 Å². The summed E-state index contributed by atoms with van der Waals surface area (Å²) in [7, 11) is 0. The van der Waals surface area contributed by atoms with Gasteiger partial charge < -0.3 is 24.1 Å². The van der Waals surface area contributed by atoms with Crippen molar-refractivity contribution in [3.05, 3.63) is 60.2 Å². The van der Waals surface area contributed by atoms with Crippen LogP contribution in [0.3, 0.4) is 0 Å². The maximum absolute atomic E-state index is 12.7. The second kappa shape index (κ2) is 12.5. The van der Waals surface area contributed by atoms with Crippen LogP contribution in [-0.4, -0.2) is 42.3 Å². The van der Waals surface area contributed by atoms with Crippen molar-refractivity contribution in [2.45, 2.75) is 25.9 Å². The van der Waals surface area contributed by atoms with Gasteiger partial charge in [-0.05, 0) is 48.6 Å². The van der Waals surface area contributed by atoms with E-state index in [1.807, 2.05) is 6.92 Å². The average molecular weight is 472 g/mol. The molecule has 2 amide bonds. The van der Waals surface area contributed by atoms with Crippen molar-refractivity contribution < 1.29 is 38.9 Å². The van der Waals surface area contributed by atoms with Crippen LogP contribution < -0.4 is 25.0 Å². The first kappa shape index (κ1) is 24.9. The number of carbonyl (C=O) groups is 2. The normalized spacial score (nSPS) is 13.9. The molecule has 3 rings (SSSR count). The zero-order chi connectivity index (χ0) is 24.3. The number of aliphatic hydroxyl groups excluding tert-OH is 1. The topological polar surface area (TPSA) is 136 Å². The third kappa shape index (κ3) is 7.12. The highest BCUT2D eigenvalue weighted by molar-refractivity contribution is 5.86. The van der Waals surface area contributed by atoms with Gasteiger partial charge in [-0.3, -0.25) is 15.3 Å². The number of hydrogen-bond donors (Lipinski definition) is 4. The Morgan fingerprint density at radius 1 is 1.15 bits per heavy atom. The summed E-state index contributed by atoms with van der Waals surface area (Å²) in [5.41, 5.74) is 2.81. The Hall–Kier alpha value is -3.76. The standard InChI is InChI=1S/C24H28N2O8/c1-16(4-2-3-5-22(28)26-30)23(17-6-9-19(10-7-17)31-13-12-27)34-24(29)25-18-8-11-20-21(14-18)33-15-32-20/h3,5-11,14,16,23,27,30H,2,4,12-13,15H2,1H3,(H,25,29)(H,26,28)/b5-3+/t16-,23-/m0/s1. The van der Waals surface area contributed by atoms with Crippen LogP contribution in [0, 0.1) is 5.92 Å². The molecule has 1 heterocycles. The van der Waals surface area contributed by atoms with Crippen molar-refractivity contribution >= 4 is 17.7 Å². The maximum Gasteiger partial charge on any atom is 0.412 e. The smallest absolute Gasteiger partial charge is 0.412 e. The molecule has 34 heavy (non-hydrogen) atoms. The minimum Gasteiger partial charge on any atom is -0.491 e. The number of aliphatic hydroxyl groups is 1. The molecule has 10 heteroatoms. The minimum atomic E-state index is -0.633. The highest BCUT2D eigenvalue weighted by atomic mass is 16.7. The molecule has 4 N–H and O–H groups in total. The lowest BCUT2D eigenvalue weighted by Crippen LogP contribution is -2.22. The molecule has 0 unspecified atom stereocenters.